The van der Waals surface area contributed by atoms with Gasteiger partial charge >= 0.3 is 0 Å². The summed E-state index contributed by atoms with van der Waals surface area (Å²) in [6, 6.07) is 11.1. The summed E-state index contributed by atoms with van der Waals surface area (Å²) >= 11 is 0. The van der Waals surface area contributed by atoms with E-state index in [4.69, 9.17) is 4.74 Å². The second-order valence-electron chi connectivity index (χ2n) is 7.21. The molecule has 1 aromatic heterocycles. The van der Waals surface area contributed by atoms with Crippen molar-refractivity contribution < 1.29 is 4.74 Å². The number of piperidine rings is 1. The van der Waals surface area contributed by atoms with Gasteiger partial charge in [-0.05, 0) is 31.2 Å². The van der Waals surface area contributed by atoms with Crippen molar-refractivity contribution in [3.05, 3.63) is 54.5 Å². The van der Waals surface area contributed by atoms with Crippen LogP contribution in [0.4, 0.5) is 5.82 Å². The molecule has 0 amide bonds. The number of anilines is 1. The minimum absolute atomic E-state index is 0.0587. The standard InChI is InChI=1S/C20H26N4O/c1-2-4-17(5-3-1)6-11-24-12-7-20(8-13-24)14-18(16-25-20)23-19-15-21-9-10-22-19/h1-5,9-10,15,18H,6-8,11-14,16H2,(H,22,23). The third-order valence-electron chi connectivity index (χ3n) is 5.45. The summed E-state index contributed by atoms with van der Waals surface area (Å²) < 4.78 is 6.24. The largest absolute Gasteiger partial charge is 0.373 e. The molecule has 1 N–H and O–H groups in total. The van der Waals surface area contributed by atoms with Gasteiger partial charge in [0.2, 0.25) is 0 Å². The summed E-state index contributed by atoms with van der Waals surface area (Å²) in [4.78, 5) is 11.0. The molecule has 1 atom stereocenters. The van der Waals surface area contributed by atoms with Crippen LogP contribution in [0.1, 0.15) is 24.8 Å². The quantitative estimate of drug-likeness (QED) is 0.908. The number of rotatable bonds is 5. The van der Waals surface area contributed by atoms with E-state index in [0.717, 1.165) is 57.7 Å². The Morgan fingerprint density at radius 1 is 1.16 bits per heavy atom. The molecule has 2 aromatic rings. The number of ether oxygens (including phenoxy) is 1. The number of hydrogen-bond acceptors (Lipinski definition) is 5. The third-order valence-corrected chi connectivity index (χ3v) is 5.45. The maximum atomic E-state index is 6.24. The molecule has 25 heavy (non-hydrogen) atoms. The highest BCUT2D eigenvalue weighted by atomic mass is 16.5. The van der Waals surface area contributed by atoms with Crippen LogP contribution >= 0.6 is 0 Å². The second kappa shape index (κ2) is 7.50. The SMILES string of the molecule is c1ccc(CCN2CCC3(CC2)CC(Nc2cnccn2)CO3)cc1. The van der Waals surface area contributed by atoms with Crippen LogP contribution in [-0.2, 0) is 11.2 Å². The van der Waals surface area contributed by atoms with Gasteiger partial charge in [0, 0.05) is 32.0 Å². The van der Waals surface area contributed by atoms with Crippen LogP contribution in [0.2, 0.25) is 0 Å². The van der Waals surface area contributed by atoms with Crippen molar-refractivity contribution in [3.63, 3.8) is 0 Å². The Kier molecular flexibility index (Phi) is 4.95. The van der Waals surface area contributed by atoms with Gasteiger partial charge in [-0.2, -0.15) is 0 Å². The molecule has 5 nitrogen and oxygen atoms in total. The van der Waals surface area contributed by atoms with E-state index in [1.165, 1.54) is 5.56 Å². The Bertz CT molecular complexity index is 656. The molecule has 2 aliphatic rings. The highest BCUT2D eigenvalue weighted by molar-refractivity contribution is 5.32. The van der Waals surface area contributed by atoms with Crippen LogP contribution in [0.15, 0.2) is 48.9 Å². The number of nitrogens with one attached hydrogen (secondary N) is 1. The monoisotopic (exact) mass is 338 g/mol. The molecule has 3 heterocycles. The minimum Gasteiger partial charge on any atom is -0.373 e. The fraction of sp³-hybridized carbons (Fsp3) is 0.500. The van der Waals surface area contributed by atoms with Crippen molar-refractivity contribution in [2.45, 2.75) is 37.3 Å². The Hall–Kier alpha value is -1.98. The lowest BCUT2D eigenvalue weighted by atomic mass is 9.87. The summed E-state index contributed by atoms with van der Waals surface area (Å²) in [5.41, 5.74) is 1.48. The summed E-state index contributed by atoms with van der Waals surface area (Å²) in [6.45, 7) is 4.16. The van der Waals surface area contributed by atoms with E-state index in [-0.39, 0.29) is 5.60 Å². The van der Waals surface area contributed by atoms with Crippen molar-refractivity contribution in [2.24, 2.45) is 0 Å². The second-order valence-corrected chi connectivity index (χ2v) is 7.21. The van der Waals surface area contributed by atoms with Gasteiger partial charge in [0.25, 0.3) is 0 Å². The first-order chi connectivity index (χ1) is 12.3. The lowest BCUT2D eigenvalue weighted by Crippen LogP contribution is -2.45. The summed E-state index contributed by atoms with van der Waals surface area (Å²) in [5.74, 6) is 0.841. The maximum Gasteiger partial charge on any atom is 0.144 e. The van der Waals surface area contributed by atoms with Gasteiger partial charge in [0.1, 0.15) is 5.82 Å². The summed E-state index contributed by atoms with van der Waals surface area (Å²) in [5, 5.41) is 3.46. The first kappa shape index (κ1) is 16.5. The van der Waals surface area contributed by atoms with Crippen molar-refractivity contribution in [1.82, 2.24) is 14.9 Å². The van der Waals surface area contributed by atoms with E-state index in [2.05, 4.69) is 50.5 Å². The van der Waals surface area contributed by atoms with Gasteiger partial charge in [-0.3, -0.25) is 4.98 Å². The van der Waals surface area contributed by atoms with Crippen LogP contribution < -0.4 is 5.32 Å². The highest BCUT2D eigenvalue weighted by Gasteiger charge is 2.42. The molecule has 1 unspecified atom stereocenters. The lowest BCUT2D eigenvalue weighted by Gasteiger charge is -2.38. The van der Waals surface area contributed by atoms with E-state index in [9.17, 15) is 0 Å². The van der Waals surface area contributed by atoms with Crippen LogP contribution in [0.25, 0.3) is 0 Å². The average Bonchev–Trinajstić information content (AvgIpc) is 3.05. The van der Waals surface area contributed by atoms with E-state index < -0.39 is 0 Å². The first-order valence-corrected chi connectivity index (χ1v) is 9.24. The van der Waals surface area contributed by atoms with Gasteiger partial charge < -0.3 is 15.0 Å². The lowest BCUT2D eigenvalue weighted by molar-refractivity contribution is -0.0431. The van der Waals surface area contributed by atoms with Crippen molar-refractivity contribution >= 4 is 5.82 Å². The van der Waals surface area contributed by atoms with Crippen LogP contribution in [0, 0.1) is 0 Å². The minimum atomic E-state index is 0.0587. The van der Waals surface area contributed by atoms with E-state index >= 15 is 0 Å². The molecule has 1 aromatic carbocycles. The molecule has 0 aliphatic carbocycles. The predicted molar refractivity (Wildman–Crippen MR) is 98.6 cm³/mol. The van der Waals surface area contributed by atoms with Crippen LogP contribution in [-0.4, -0.2) is 52.8 Å². The van der Waals surface area contributed by atoms with Gasteiger partial charge in [-0.25, -0.2) is 4.98 Å². The Morgan fingerprint density at radius 2 is 2.00 bits per heavy atom. The first-order valence-electron chi connectivity index (χ1n) is 9.24. The zero-order valence-corrected chi connectivity index (χ0v) is 14.6. The molecular formula is C20H26N4O. The normalized spacial score (nSPS) is 23.0. The Balaban J connectivity index is 1.24. The molecule has 132 valence electrons. The summed E-state index contributed by atoms with van der Waals surface area (Å²) in [7, 11) is 0. The molecular weight excluding hydrogens is 312 g/mol. The fourth-order valence-corrected chi connectivity index (χ4v) is 3.98. The number of aromatic nitrogens is 2. The van der Waals surface area contributed by atoms with E-state index in [1.54, 1.807) is 18.6 Å². The molecule has 1 spiro atoms. The molecule has 4 rings (SSSR count). The third kappa shape index (κ3) is 4.17. The Labute approximate surface area is 149 Å². The zero-order chi connectivity index (χ0) is 17.0. The van der Waals surface area contributed by atoms with Crippen molar-refractivity contribution in [1.29, 1.82) is 0 Å². The van der Waals surface area contributed by atoms with Crippen molar-refractivity contribution in [3.8, 4) is 0 Å². The highest BCUT2D eigenvalue weighted by Crippen LogP contribution is 2.36. The van der Waals surface area contributed by atoms with Gasteiger partial charge in [0.05, 0.1) is 24.4 Å². The van der Waals surface area contributed by atoms with Crippen LogP contribution in [0.3, 0.4) is 0 Å². The maximum absolute atomic E-state index is 6.24. The Morgan fingerprint density at radius 3 is 2.76 bits per heavy atom. The number of benzene rings is 1. The van der Waals surface area contributed by atoms with Crippen molar-refractivity contribution in [2.75, 3.05) is 31.6 Å². The van der Waals surface area contributed by atoms with Crippen LogP contribution in [0.5, 0.6) is 0 Å². The molecule has 0 saturated carbocycles. The van der Waals surface area contributed by atoms with E-state index in [1.807, 2.05) is 0 Å². The molecule has 5 heteroatoms. The van der Waals surface area contributed by atoms with E-state index in [0.29, 0.717) is 6.04 Å². The zero-order valence-electron chi connectivity index (χ0n) is 14.6. The fourth-order valence-electron chi connectivity index (χ4n) is 3.98. The topological polar surface area (TPSA) is 50.3 Å². The van der Waals surface area contributed by atoms with Gasteiger partial charge in [-0.1, -0.05) is 30.3 Å². The molecule has 0 bridgehead atoms. The number of nitrogens with zero attached hydrogens (tertiary/aromatic N) is 3. The molecule has 2 aliphatic heterocycles. The van der Waals surface area contributed by atoms with Gasteiger partial charge in [0.15, 0.2) is 0 Å². The number of likely N-dealkylation sites (tertiary alicyclic amines) is 1. The summed E-state index contributed by atoms with van der Waals surface area (Å²) in [6.07, 6.45) is 9.64. The average molecular weight is 338 g/mol. The number of hydrogen-bond donors (Lipinski definition) is 1. The van der Waals surface area contributed by atoms with Gasteiger partial charge in [-0.15, -0.1) is 0 Å². The predicted octanol–water partition coefficient (Wildman–Crippen LogP) is 2.75. The molecule has 2 fully saturated rings. The molecule has 0 radical (unpaired) electrons. The molecule has 2 saturated heterocycles. The smallest absolute Gasteiger partial charge is 0.144 e.